The van der Waals surface area contributed by atoms with Crippen LogP contribution in [0.2, 0.25) is 0 Å². The molecule has 0 unspecified atom stereocenters. The highest BCUT2D eigenvalue weighted by Crippen LogP contribution is 2.21. The van der Waals surface area contributed by atoms with Crippen LogP contribution in [0, 0.1) is 11.8 Å². The predicted octanol–water partition coefficient (Wildman–Crippen LogP) is 2.75. The van der Waals surface area contributed by atoms with Gasteiger partial charge >= 0.3 is 0 Å². The number of thiophene rings is 1. The van der Waals surface area contributed by atoms with Crippen molar-refractivity contribution in [3.05, 3.63) is 56.2 Å². The van der Waals surface area contributed by atoms with Crippen molar-refractivity contribution in [2.75, 3.05) is 6.54 Å². The smallest absolute Gasteiger partial charge is 0.251 e. The third-order valence-electron chi connectivity index (χ3n) is 2.51. The average Bonchev–Trinajstić information content (AvgIpc) is 2.88. The van der Waals surface area contributed by atoms with Crippen LogP contribution in [0.15, 0.2) is 40.2 Å². The van der Waals surface area contributed by atoms with Crippen LogP contribution >= 0.6 is 27.3 Å². The first-order valence-corrected chi connectivity index (χ1v) is 7.61. The van der Waals surface area contributed by atoms with Crippen LogP contribution in [0.4, 0.5) is 0 Å². The number of nitrogens with one attached hydrogen (secondary N) is 1. The van der Waals surface area contributed by atoms with Gasteiger partial charge in [-0.1, -0.05) is 17.9 Å². The Morgan fingerprint density at radius 3 is 2.90 bits per heavy atom. The summed E-state index contributed by atoms with van der Waals surface area (Å²) in [5.74, 6) is 5.59. The van der Waals surface area contributed by atoms with Gasteiger partial charge < -0.3 is 11.1 Å². The third-order valence-corrected chi connectivity index (χ3v) is 4.14. The Hall–Kier alpha value is -1.61. The molecule has 1 heterocycles. The molecule has 1 amide bonds. The number of rotatable bonds is 3. The van der Waals surface area contributed by atoms with E-state index in [1.54, 1.807) is 23.5 Å². The van der Waals surface area contributed by atoms with E-state index in [9.17, 15) is 4.79 Å². The van der Waals surface area contributed by atoms with Crippen molar-refractivity contribution in [3.63, 3.8) is 0 Å². The number of hydrogen-bond donors (Lipinski definition) is 2. The first-order valence-electron chi connectivity index (χ1n) is 6.00. The summed E-state index contributed by atoms with van der Waals surface area (Å²) in [6, 6.07) is 11.2. The van der Waals surface area contributed by atoms with Crippen molar-refractivity contribution >= 4 is 33.2 Å². The summed E-state index contributed by atoms with van der Waals surface area (Å²) < 4.78 is 1.06. The maximum atomic E-state index is 12.1. The molecule has 0 bridgehead atoms. The van der Waals surface area contributed by atoms with E-state index >= 15 is 0 Å². The number of nitrogens with two attached hydrogens (primary N) is 1. The van der Waals surface area contributed by atoms with Crippen molar-refractivity contribution in [2.45, 2.75) is 6.54 Å². The predicted molar refractivity (Wildman–Crippen MR) is 85.6 cm³/mol. The quantitative estimate of drug-likeness (QED) is 0.838. The van der Waals surface area contributed by atoms with Crippen LogP contribution in [-0.2, 0) is 6.54 Å². The van der Waals surface area contributed by atoms with Gasteiger partial charge in [-0.25, -0.2) is 0 Å². The van der Waals surface area contributed by atoms with E-state index in [2.05, 4.69) is 33.1 Å². The van der Waals surface area contributed by atoms with Crippen molar-refractivity contribution < 1.29 is 4.79 Å². The first-order chi connectivity index (χ1) is 9.69. The van der Waals surface area contributed by atoms with E-state index < -0.39 is 0 Å². The number of halogens is 1. The van der Waals surface area contributed by atoms with Crippen LogP contribution in [-0.4, -0.2) is 12.5 Å². The van der Waals surface area contributed by atoms with Gasteiger partial charge in [0, 0.05) is 16.0 Å². The minimum Gasteiger partial charge on any atom is -0.347 e. The molecule has 2 aromatic rings. The van der Waals surface area contributed by atoms with Crippen LogP contribution in [0.1, 0.15) is 20.8 Å². The number of carbonyl (C=O) groups is 1. The molecule has 0 saturated heterocycles. The SMILES string of the molecule is NCC#Cc1cccc(C(=O)NCc2ccc(Br)s2)c1. The Bertz CT molecular complexity index is 670. The maximum Gasteiger partial charge on any atom is 0.251 e. The highest BCUT2D eigenvalue weighted by Gasteiger charge is 2.06. The molecule has 2 rings (SSSR count). The molecule has 3 N–H and O–H groups in total. The number of carbonyl (C=O) groups excluding carboxylic acids is 1. The second kappa shape index (κ2) is 7.25. The Labute approximate surface area is 130 Å². The summed E-state index contributed by atoms with van der Waals surface area (Å²) in [5, 5.41) is 2.89. The molecule has 0 saturated carbocycles. The minimum atomic E-state index is -0.106. The molecule has 0 aliphatic carbocycles. The van der Waals surface area contributed by atoms with Crippen molar-refractivity contribution in [1.82, 2.24) is 5.32 Å². The molecule has 0 fully saturated rings. The maximum absolute atomic E-state index is 12.1. The fourth-order valence-electron chi connectivity index (χ4n) is 1.61. The Balaban J connectivity index is 2.01. The van der Waals surface area contributed by atoms with Gasteiger partial charge in [0.1, 0.15) is 0 Å². The van der Waals surface area contributed by atoms with Gasteiger partial charge in [0.2, 0.25) is 0 Å². The highest BCUT2D eigenvalue weighted by atomic mass is 79.9. The van der Waals surface area contributed by atoms with Crippen LogP contribution in [0.5, 0.6) is 0 Å². The van der Waals surface area contributed by atoms with Gasteiger partial charge in [0.15, 0.2) is 0 Å². The average molecular weight is 349 g/mol. The number of hydrogen-bond acceptors (Lipinski definition) is 3. The molecular weight excluding hydrogens is 336 g/mol. The normalized spacial score (nSPS) is 9.70. The van der Waals surface area contributed by atoms with Crippen molar-refractivity contribution in [1.29, 1.82) is 0 Å². The van der Waals surface area contributed by atoms with E-state index in [1.165, 1.54) is 0 Å². The third kappa shape index (κ3) is 4.20. The summed E-state index contributed by atoms with van der Waals surface area (Å²) in [4.78, 5) is 13.2. The second-order valence-corrected chi connectivity index (χ2v) is 6.52. The van der Waals surface area contributed by atoms with Gasteiger partial charge in [-0.05, 0) is 46.3 Å². The van der Waals surface area contributed by atoms with Gasteiger partial charge in [-0.3, -0.25) is 4.79 Å². The molecule has 0 aliphatic heterocycles. The summed E-state index contributed by atoms with van der Waals surface area (Å²) in [6.45, 7) is 0.831. The minimum absolute atomic E-state index is 0.106. The summed E-state index contributed by atoms with van der Waals surface area (Å²) in [7, 11) is 0. The first kappa shape index (κ1) is 14.8. The highest BCUT2D eigenvalue weighted by molar-refractivity contribution is 9.11. The van der Waals surface area contributed by atoms with Crippen molar-refractivity contribution in [3.8, 4) is 11.8 Å². The Morgan fingerprint density at radius 2 is 2.20 bits per heavy atom. The summed E-state index contributed by atoms with van der Waals surface area (Å²) in [5.41, 5.74) is 6.73. The second-order valence-electron chi connectivity index (χ2n) is 3.98. The fourth-order valence-corrected chi connectivity index (χ4v) is 3.03. The van der Waals surface area contributed by atoms with E-state index in [0.29, 0.717) is 18.7 Å². The van der Waals surface area contributed by atoms with Crippen molar-refractivity contribution in [2.24, 2.45) is 5.73 Å². The molecule has 0 spiro atoms. The largest absolute Gasteiger partial charge is 0.347 e. The molecule has 102 valence electrons. The van der Waals surface area contributed by atoms with E-state index in [4.69, 9.17) is 5.73 Å². The lowest BCUT2D eigenvalue weighted by Crippen LogP contribution is -2.22. The van der Waals surface area contributed by atoms with Gasteiger partial charge in [-0.15, -0.1) is 11.3 Å². The zero-order chi connectivity index (χ0) is 14.4. The number of benzene rings is 1. The topological polar surface area (TPSA) is 55.1 Å². The van der Waals surface area contributed by atoms with Gasteiger partial charge in [-0.2, -0.15) is 0 Å². The zero-order valence-electron chi connectivity index (χ0n) is 10.7. The molecular formula is C15H13BrN2OS. The fraction of sp³-hybridized carbons (Fsp3) is 0.133. The molecule has 5 heteroatoms. The molecule has 1 aromatic heterocycles. The lowest BCUT2D eigenvalue weighted by molar-refractivity contribution is 0.0951. The molecule has 1 aromatic carbocycles. The number of amides is 1. The summed E-state index contributed by atoms with van der Waals surface area (Å²) in [6.07, 6.45) is 0. The zero-order valence-corrected chi connectivity index (χ0v) is 13.1. The monoisotopic (exact) mass is 348 g/mol. The lowest BCUT2D eigenvalue weighted by atomic mass is 10.1. The molecule has 0 aliphatic rings. The summed E-state index contributed by atoms with van der Waals surface area (Å²) >= 11 is 5.00. The molecule has 3 nitrogen and oxygen atoms in total. The van der Waals surface area contributed by atoms with Crippen LogP contribution in [0.25, 0.3) is 0 Å². The van der Waals surface area contributed by atoms with E-state index in [-0.39, 0.29) is 5.91 Å². The Morgan fingerprint density at radius 1 is 1.35 bits per heavy atom. The molecule has 0 radical (unpaired) electrons. The van der Waals surface area contributed by atoms with Gasteiger partial charge in [0.05, 0.1) is 16.9 Å². The Kier molecular flexibility index (Phi) is 5.36. The lowest BCUT2D eigenvalue weighted by Gasteiger charge is -2.04. The van der Waals surface area contributed by atoms with Crippen LogP contribution in [0.3, 0.4) is 0 Å². The van der Waals surface area contributed by atoms with Crippen LogP contribution < -0.4 is 11.1 Å². The molecule has 20 heavy (non-hydrogen) atoms. The molecule has 0 atom stereocenters. The van der Waals surface area contributed by atoms with Gasteiger partial charge in [0.25, 0.3) is 5.91 Å². The standard InChI is InChI=1S/C15H13BrN2OS/c16-14-7-6-13(20-14)10-18-15(19)12-5-1-3-11(9-12)4-2-8-17/h1,3,5-7,9H,8,10,17H2,(H,18,19). The van der Waals surface area contributed by atoms with E-state index in [1.807, 2.05) is 24.3 Å². The van der Waals surface area contributed by atoms with E-state index in [0.717, 1.165) is 14.2 Å².